The number of guanidine groups is 1. The molecule has 1 amide bonds. The predicted molar refractivity (Wildman–Crippen MR) is 97.4 cm³/mol. The number of anilines is 1. The molecule has 1 heterocycles. The van der Waals surface area contributed by atoms with Crippen molar-refractivity contribution in [2.45, 2.75) is 19.8 Å². The molecule has 136 valence electrons. The summed E-state index contributed by atoms with van der Waals surface area (Å²) in [5.41, 5.74) is 0.763. The number of carbonyl (C=O) groups excluding carboxylic acids is 2. The fourth-order valence-electron chi connectivity index (χ4n) is 2.81. The van der Waals surface area contributed by atoms with Gasteiger partial charge in [-0.3, -0.25) is 14.6 Å². The lowest BCUT2D eigenvalue weighted by atomic mass is 9.97. The number of ether oxygens (including phenoxy) is 1. The van der Waals surface area contributed by atoms with Gasteiger partial charge in [-0.05, 0) is 31.9 Å². The number of aliphatic imine (C=N–C) groups is 1. The van der Waals surface area contributed by atoms with E-state index in [1.807, 2.05) is 37.3 Å². The molecule has 0 saturated carbocycles. The van der Waals surface area contributed by atoms with Crippen LogP contribution in [0.3, 0.4) is 0 Å². The van der Waals surface area contributed by atoms with Crippen LogP contribution in [0.1, 0.15) is 19.8 Å². The van der Waals surface area contributed by atoms with E-state index in [9.17, 15) is 9.59 Å². The van der Waals surface area contributed by atoms with Gasteiger partial charge in [-0.2, -0.15) is 0 Å². The number of nitrogens with one attached hydrogen (secondary N) is 2. The van der Waals surface area contributed by atoms with Crippen molar-refractivity contribution >= 4 is 23.5 Å². The molecule has 0 bridgehead atoms. The molecular weight excluding hydrogens is 320 g/mol. The van der Waals surface area contributed by atoms with Gasteiger partial charge >= 0.3 is 5.97 Å². The lowest BCUT2D eigenvalue weighted by molar-refractivity contribution is -0.149. The molecular formula is C18H26N4O3. The van der Waals surface area contributed by atoms with Crippen LogP contribution in [0.4, 0.5) is 5.69 Å². The van der Waals surface area contributed by atoms with Gasteiger partial charge in [-0.15, -0.1) is 0 Å². The Labute approximate surface area is 148 Å². The number of esters is 1. The van der Waals surface area contributed by atoms with Gasteiger partial charge in [0.15, 0.2) is 5.96 Å². The molecule has 1 aliphatic rings. The van der Waals surface area contributed by atoms with Crippen LogP contribution < -0.4 is 10.6 Å². The molecule has 7 nitrogen and oxygen atoms in total. The van der Waals surface area contributed by atoms with Gasteiger partial charge in [0.25, 0.3) is 0 Å². The third-order valence-corrected chi connectivity index (χ3v) is 4.09. The minimum absolute atomic E-state index is 0.0457. The first-order valence-electron chi connectivity index (χ1n) is 8.61. The molecule has 2 N–H and O–H groups in total. The standard InChI is InChI=1S/C18H26N4O3/c1-3-25-17(24)14-9-11-22(12-10-14)18(19-2)20-13-16(23)21-15-7-5-4-6-8-15/h4-8,14H,3,9-13H2,1-2H3,(H,19,20)(H,21,23). The van der Waals surface area contributed by atoms with E-state index in [4.69, 9.17) is 4.74 Å². The molecule has 0 atom stereocenters. The third-order valence-electron chi connectivity index (χ3n) is 4.09. The fourth-order valence-corrected chi connectivity index (χ4v) is 2.81. The van der Waals surface area contributed by atoms with E-state index in [0.29, 0.717) is 25.7 Å². The number of carbonyl (C=O) groups is 2. The maximum atomic E-state index is 12.0. The summed E-state index contributed by atoms with van der Waals surface area (Å²) in [6.45, 7) is 3.80. The molecule has 0 unspecified atom stereocenters. The first-order chi connectivity index (χ1) is 12.1. The minimum atomic E-state index is -0.131. The molecule has 25 heavy (non-hydrogen) atoms. The van der Waals surface area contributed by atoms with E-state index in [1.165, 1.54) is 0 Å². The second-order valence-electron chi connectivity index (χ2n) is 5.83. The van der Waals surface area contributed by atoms with Crippen molar-refractivity contribution in [1.82, 2.24) is 10.2 Å². The van der Waals surface area contributed by atoms with Crippen LogP contribution in [0, 0.1) is 5.92 Å². The first kappa shape index (κ1) is 18.8. The maximum absolute atomic E-state index is 12.0. The van der Waals surface area contributed by atoms with Crippen LogP contribution in [-0.4, -0.2) is 56.0 Å². The van der Waals surface area contributed by atoms with E-state index in [1.54, 1.807) is 7.05 Å². The maximum Gasteiger partial charge on any atom is 0.309 e. The Balaban J connectivity index is 1.77. The van der Waals surface area contributed by atoms with Gasteiger partial charge in [-0.25, -0.2) is 0 Å². The second kappa shape index (κ2) is 9.66. The molecule has 0 spiro atoms. The lowest BCUT2D eigenvalue weighted by Crippen LogP contribution is -2.48. The highest BCUT2D eigenvalue weighted by Gasteiger charge is 2.27. The quantitative estimate of drug-likeness (QED) is 0.479. The summed E-state index contributed by atoms with van der Waals surface area (Å²) in [6, 6.07) is 9.32. The molecule has 0 aromatic heterocycles. The number of para-hydroxylation sites is 1. The normalized spacial score (nSPS) is 15.6. The lowest BCUT2D eigenvalue weighted by Gasteiger charge is -2.33. The van der Waals surface area contributed by atoms with E-state index in [-0.39, 0.29) is 24.3 Å². The molecule has 2 rings (SSSR count). The number of piperidine rings is 1. The first-order valence-corrected chi connectivity index (χ1v) is 8.61. The van der Waals surface area contributed by atoms with Crippen molar-refractivity contribution in [2.24, 2.45) is 10.9 Å². The Morgan fingerprint density at radius 3 is 2.52 bits per heavy atom. The van der Waals surface area contributed by atoms with Crippen molar-refractivity contribution < 1.29 is 14.3 Å². The Kier molecular flexibility index (Phi) is 7.25. The van der Waals surface area contributed by atoms with Crippen LogP contribution in [0.5, 0.6) is 0 Å². The number of hydrogen-bond acceptors (Lipinski definition) is 4. The van der Waals surface area contributed by atoms with Crippen LogP contribution in [0.25, 0.3) is 0 Å². The number of rotatable bonds is 5. The van der Waals surface area contributed by atoms with Crippen molar-refractivity contribution in [2.75, 3.05) is 38.6 Å². The van der Waals surface area contributed by atoms with E-state index >= 15 is 0 Å². The number of hydrogen-bond donors (Lipinski definition) is 2. The average Bonchev–Trinajstić information content (AvgIpc) is 2.64. The number of benzene rings is 1. The van der Waals surface area contributed by atoms with E-state index in [2.05, 4.69) is 20.5 Å². The zero-order valence-corrected chi connectivity index (χ0v) is 14.8. The Hall–Kier alpha value is -2.57. The Morgan fingerprint density at radius 1 is 1.24 bits per heavy atom. The fraction of sp³-hybridized carbons (Fsp3) is 0.500. The summed E-state index contributed by atoms with van der Waals surface area (Å²) in [6.07, 6.45) is 1.46. The highest BCUT2D eigenvalue weighted by atomic mass is 16.5. The van der Waals surface area contributed by atoms with Crippen molar-refractivity contribution in [3.63, 3.8) is 0 Å². The van der Waals surface area contributed by atoms with Gasteiger partial charge in [0.2, 0.25) is 5.91 Å². The molecule has 1 aromatic rings. The summed E-state index contributed by atoms with van der Waals surface area (Å²) in [7, 11) is 1.69. The topological polar surface area (TPSA) is 83.0 Å². The smallest absolute Gasteiger partial charge is 0.309 e. The molecule has 1 saturated heterocycles. The molecule has 7 heteroatoms. The number of amides is 1. The largest absolute Gasteiger partial charge is 0.466 e. The summed E-state index contributed by atoms with van der Waals surface area (Å²) in [5.74, 6) is 0.377. The predicted octanol–water partition coefficient (Wildman–Crippen LogP) is 1.48. The third kappa shape index (κ3) is 5.77. The Bertz CT molecular complexity index is 596. The highest BCUT2D eigenvalue weighted by molar-refractivity contribution is 5.95. The van der Waals surface area contributed by atoms with Gasteiger partial charge in [0, 0.05) is 25.8 Å². The van der Waals surface area contributed by atoms with Crippen LogP contribution in [-0.2, 0) is 14.3 Å². The monoisotopic (exact) mass is 346 g/mol. The van der Waals surface area contributed by atoms with Gasteiger partial charge in [-0.1, -0.05) is 18.2 Å². The number of nitrogens with zero attached hydrogens (tertiary/aromatic N) is 2. The summed E-state index contributed by atoms with van der Waals surface area (Å²) in [5, 5.41) is 5.90. The van der Waals surface area contributed by atoms with Crippen LogP contribution >= 0.6 is 0 Å². The Morgan fingerprint density at radius 2 is 1.92 bits per heavy atom. The van der Waals surface area contributed by atoms with Gasteiger partial charge in [0.05, 0.1) is 19.1 Å². The number of likely N-dealkylation sites (tertiary alicyclic amines) is 1. The zero-order valence-electron chi connectivity index (χ0n) is 14.8. The molecule has 1 fully saturated rings. The van der Waals surface area contributed by atoms with Crippen molar-refractivity contribution in [3.05, 3.63) is 30.3 Å². The van der Waals surface area contributed by atoms with Gasteiger partial charge < -0.3 is 20.3 Å². The molecule has 1 aromatic carbocycles. The molecule has 0 aliphatic carbocycles. The van der Waals surface area contributed by atoms with Crippen molar-refractivity contribution in [3.8, 4) is 0 Å². The summed E-state index contributed by atoms with van der Waals surface area (Å²) < 4.78 is 5.08. The van der Waals surface area contributed by atoms with Crippen molar-refractivity contribution in [1.29, 1.82) is 0 Å². The minimum Gasteiger partial charge on any atom is -0.466 e. The average molecular weight is 346 g/mol. The van der Waals surface area contributed by atoms with E-state index < -0.39 is 0 Å². The van der Waals surface area contributed by atoms with Gasteiger partial charge in [0.1, 0.15) is 0 Å². The van der Waals surface area contributed by atoms with Crippen LogP contribution in [0.15, 0.2) is 35.3 Å². The molecule has 0 radical (unpaired) electrons. The second-order valence-corrected chi connectivity index (χ2v) is 5.83. The SMILES string of the molecule is CCOC(=O)C1CCN(C(=NC)NCC(=O)Nc2ccccc2)CC1. The van der Waals surface area contributed by atoms with Crippen LogP contribution in [0.2, 0.25) is 0 Å². The highest BCUT2D eigenvalue weighted by Crippen LogP contribution is 2.18. The molecule has 1 aliphatic heterocycles. The zero-order chi connectivity index (χ0) is 18.1. The van der Waals surface area contributed by atoms with E-state index in [0.717, 1.165) is 18.5 Å². The summed E-state index contributed by atoms with van der Waals surface area (Å²) in [4.78, 5) is 30.1. The summed E-state index contributed by atoms with van der Waals surface area (Å²) >= 11 is 0.